The first-order valence-corrected chi connectivity index (χ1v) is 13.2. The van der Waals surface area contributed by atoms with E-state index in [-0.39, 0.29) is 12.7 Å². The van der Waals surface area contributed by atoms with Crippen LogP contribution in [0.2, 0.25) is 0 Å². The topological polar surface area (TPSA) is 78.4 Å². The Morgan fingerprint density at radius 3 is 2.64 bits per heavy atom. The number of hydrogen-bond acceptors (Lipinski definition) is 7. The Morgan fingerprint density at radius 1 is 1.08 bits per heavy atom. The number of carbonyl (C=O) groups excluding carboxylic acids is 1. The van der Waals surface area contributed by atoms with Crippen LogP contribution in [-0.4, -0.2) is 25.0 Å². The highest BCUT2D eigenvalue weighted by atomic mass is 127. The summed E-state index contributed by atoms with van der Waals surface area (Å²) >= 11 is 3.53. The molecule has 0 spiro atoms. The largest absolute Gasteiger partial charge is 0.493 e. The van der Waals surface area contributed by atoms with Crippen molar-refractivity contribution in [2.45, 2.75) is 20.0 Å². The maximum atomic E-state index is 12.6. The lowest BCUT2D eigenvalue weighted by Crippen LogP contribution is -2.19. The number of methoxy groups -OCH3 is 1. The molecule has 2 aliphatic heterocycles. The second-order valence-corrected chi connectivity index (χ2v) is 10.2. The molecule has 184 valence electrons. The fraction of sp³-hybridized carbons (Fsp3) is 0.185. The van der Waals surface area contributed by atoms with Crippen molar-refractivity contribution in [1.29, 1.82) is 0 Å². The van der Waals surface area contributed by atoms with Crippen molar-refractivity contribution < 1.29 is 23.7 Å². The van der Waals surface area contributed by atoms with Gasteiger partial charge in [-0.3, -0.25) is 4.79 Å². The number of thioether (sulfide) groups is 1. The molecule has 2 heterocycles. The number of aryl methyl sites for hydroxylation is 1. The predicted molar refractivity (Wildman–Crippen MR) is 149 cm³/mol. The molecule has 0 aliphatic carbocycles. The number of nitrogens with one attached hydrogen (secondary N) is 1. The van der Waals surface area contributed by atoms with E-state index in [0.717, 1.165) is 32.6 Å². The van der Waals surface area contributed by atoms with Gasteiger partial charge >= 0.3 is 0 Å². The van der Waals surface area contributed by atoms with Gasteiger partial charge in [-0.1, -0.05) is 25.1 Å². The number of halogens is 1. The molecule has 1 N–H and O–H groups in total. The number of hydrogen-bond donors (Lipinski definition) is 1. The van der Waals surface area contributed by atoms with Crippen molar-refractivity contribution in [3.63, 3.8) is 0 Å². The molecule has 5 rings (SSSR count). The predicted octanol–water partition coefficient (Wildman–Crippen LogP) is 6.06. The Labute approximate surface area is 227 Å². The van der Waals surface area contributed by atoms with Gasteiger partial charge in [0.15, 0.2) is 28.2 Å². The number of carbonyl (C=O) groups is 1. The molecule has 3 aromatic carbocycles. The molecule has 7 nitrogen and oxygen atoms in total. The maximum Gasteiger partial charge on any atom is 0.264 e. The molecule has 0 unspecified atom stereocenters. The molecular formula is C27H23IN2O5S. The molecule has 1 amide bonds. The third-order valence-corrected chi connectivity index (χ3v) is 7.31. The van der Waals surface area contributed by atoms with Crippen LogP contribution in [0, 0.1) is 3.57 Å². The number of aliphatic imine (C=N–C) groups is 1. The Balaban J connectivity index is 1.31. The summed E-state index contributed by atoms with van der Waals surface area (Å²) in [4.78, 5) is 17.7. The van der Waals surface area contributed by atoms with Crippen LogP contribution in [0.25, 0.3) is 6.08 Å². The summed E-state index contributed by atoms with van der Waals surface area (Å²) in [5.74, 6) is 2.50. The summed E-state index contributed by atoms with van der Waals surface area (Å²) in [6.45, 7) is 2.69. The van der Waals surface area contributed by atoms with Crippen molar-refractivity contribution in [2.75, 3.05) is 13.9 Å². The van der Waals surface area contributed by atoms with Gasteiger partial charge in [0.05, 0.1) is 21.3 Å². The molecule has 0 bridgehead atoms. The van der Waals surface area contributed by atoms with Crippen LogP contribution < -0.4 is 24.3 Å². The molecule has 1 fully saturated rings. The van der Waals surface area contributed by atoms with E-state index in [4.69, 9.17) is 18.9 Å². The third kappa shape index (κ3) is 5.46. The monoisotopic (exact) mass is 614 g/mol. The molecule has 9 heteroatoms. The first-order chi connectivity index (χ1) is 17.5. The highest BCUT2D eigenvalue weighted by Gasteiger charge is 2.24. The van der Waals surface area contributed by atoms with E-state index in [0.29, 0.717) is 33.9 Å². The second kappa shape index (κ2) is 10.8. The van der Waals surface area contributed by atoms with Crippen molar-refractivity contribution in [3.8, 4) is 23.0 Å². The van der Waals surface area contributed by atoms with Gasteiger partial charge in [0, 0.05) is 0 Å². The van der Waals surface area contributed by atoms with Gasteiger partial charge in [-0.15, -0.1) is 0 Å². The van der Waals surface area contributed by atoms with Crippen molar-refractivity contribution in [2.24, 2.45) is 4.99 Å². The van der Waals surface area contributed by atoms with Crippen LogP contribution in [-0.2, 0) is 17.8 Å². The zero-order valence-corrected chi connectivity index (χ0v) is 22.6. The minimum atomic E-state index is -0.180. The van der Waals surface area contributed by atoms with Gasteiger partial charge in [0.25, 0.3) is 5.91 Å². The minimum Gasteiger partial charge on any atom is -0.493 e. The van der Waals surface area contributed by atoms with Crippen LogP contribution in [0.15, 0.2) is 64.5 Å². The first kappa shape index (κ1) is 24.5. The van der Waals surface area contributed by atoms with E-state index in [1.54, 1.807) is 7.11 Å². The lowest BCUT2D eigenvalue weighted by atomic mass is 10.1. The Morgan fingerprint density at radius 2 is 1.86 bits per heavy atom. The fourth-order valence-electron chi connectivity index (χ4n) is 3.70. The highest BCUT2D eigenvalue weighted by molar-refractivity contribution is 14.1. The lowest BCUT2D eigenvalue weighted by molar-refractivity contribution is -0.115. The Kier molecular flexibility index (Phi) is 7.38. The summed E-state index contributed by atoms with van der Waals surface area (Å²) in [6.07, 6.45) is 2.80. The molecule has 36 heavy (non-hydrogen) atoms. The van der Waals surface area contributed by atoms with E-state index < -0.39 is 0 Å². The van der Waals surface area contributed by atoms with Gasteiger partial charge in [-0.25, -0.2) is 4.99 Å². The van der Waals surface area contributed by atoms with Gasteiger partial charge in [0.2, 0.25) is 6.79 Å². The van der Waals surface area contributed by atoms with Gasteiger partial charge in [-0.05, 0) is 99.9 Å². The third-order valence-electron chi connectivity index (χ3n) is 5.60. The van der Waals surface area contributed by atoms with Crippen LogP contribution in [0.5, 0.6) is 23.0 Å². The lowest BCUT2D eigenvalue weighted by Gasteiger charge is -2.14. The average Bonchev–Trinajstić information content (AvgIpc) is 3.49. The Bertz CT molecular complexity index is 1370. The number of nitrogens with zero attached hydrogens (tertiary/aromatic N) is 1. The van der Waals surface area contributed by atoms with E-state index in [1.165, 1.54) is 17.3 Å². The summed E-state index contributed by atoms with van der Waals surface area (Å²) < 4.78 is 23.4. The maximum absolute atomic E-state index is 12.6. The van der Waals surface area contributed by atoms with Crippen molar-refractivity contribution in [3.05, 3.63) is 79.8 Å². The average molecular weight is 614 g/mol. The molecule has 2 aliphatic rings. The summed E-state index contributed by atoms with van der Waals surface area (Å²) in [5.41, 5.74) is 3.84. The molecule has 3 aromatic rings. The van der Waals surface area contributed by atoms with Crippen LogP contribution in [0.3, 0.4) is 0 Å². The molecule has 0 radical (unpaired) electrons. The fourth-order valence-corrected chi connectivity index (χ4v) is 5.33. The number of ether oxygens (including phenoxy) is 4. The molecule has 1 saturated heterocycles. The number of rotatable bonds is 7. The number of fused-ring (bicyclic) bond motifs is 1. The minimum absolute atomic E-state index is 0.180. The zero-order chi connectivity index (χ0) is 25.1. The Hall–Kier alpha value is -3.18. The van der Waals surface area contributed by atoms with E-state index in [2.05, 4.69) is 39.8 Å². The summed E-state index contributed by atoms with van der Waals surface area (Å²) in [5, 5.41) is 3.40. The zero-order valence-electron chi connectivity index (χ0n) is 19.7. The normalized spacial score (nSPS) is 16.5. The molecule has 0 atom stereocenters. The summed E-state index contributed by atoms with van der Waals surface area (Å²) in [7, 11) is 1.60. The second-order valence-electron chi connectivity index (χ2n) is 8.01. The molecule has 0 saturated carbocycles. The van der Waals surface area contributed by atoms with Crippen LogP contribution in [0.4, 0.5) is 5.69 Å². The summed E-state index contributed by atoms with van der Waals surface area (Å²) in [6, 6.07) is 17.5. The van der Waals surface area contributed by atoms with Crippen LogP contribution >= 0.6 is 34.4 Å². The van der Waals surface area contributed by atoms with E-state index >= 15 is 0 Å². The number of benzene rings is 3. The van der Waals surface area contributed by atoms with Gasteiger partial charge in [0.1, 0.15) is 6.61 Å². The van der Waals surface area contributed by atoms with Gasteiger partial charge in [-0.2, -0.15) is 0 Å². The standard InChI is InChI=1S/C27H23IN2O5S/c1-3-16-4-7-19(8-5-16)29-27-30-26(31)24(36-27)13-18-10-20(28)25(23(12-18)32-2)33-14-17-6-9-21-22(11-17)35-15-34-21/h4-13H,3,14-15H2,1-2H3,(H,29,30,31)/b24-13-. The van der Waals surface area contributed by atoms with E-state index in [9.17, 15) is 4.79 Å². The van der Waals surface area contributed by atoms with Gasteiger partial charge < -0.3 is 24.3 Å². The molecular weight excluding hydrogens is 591 g/mol. The smallest absolute Gasteiger partial charge is 0.264 e. The molecule has 0 aromatic heterocycles. The first-order valence-electron chi connectivity index (χ1n) is 11.3. The van der Waals surface area contributed by atoms with Crippen LogP contribution in [0.1, 0.15) is 23.6 Å². The highest BCUT2D eigenvalue weighted by Crippen LogP contribution is 2.38. The SMILES string of the molecule is CCc1ccc(N=C2NC(=O)/C(=C/c3cc(I)c(OCc4ccc5c(c4)OCO5)c(OC)c3)S2)cc1. The van der Waals surface area contributed by atoms with E-state index in [1.807, 2.05) is 60.7 Å². The van der Waals surface area contributed by atoms with Crippen molar-refractivity contribution >= 4 is 57.2 Å². The quantitative estimate of drug-likeness (QED) is 0.258. The van der Waals surface area contributed by atoms with Crippen molar-refractivity contribution in [1.82, 2.24) is 5.32 Å². The number of amidine groups is 1. The number of amides is 1.